The molecule has 35 heavy (non-hydrogen) atoms. The average molecular weight is 485 g/mol. The molecule has 0 amide bonds. The highest BCUT2D eigenvalue weighted by Gasteiger charge is 2.39. The molecule has 0 N–H and O–H groups in total. The van der Waals surface area contributed by atoms with Crippen LogP contribution in [0.5, 0.6) is 11.5 Å². The Kier molecular flexibility index (Phi) is 9.68. The van der Waals surface area contributed by atoms with Crippen LogP contribution in [0.1, 0.15) is 97.3 Å². The number of benzene rings is 1. The number of hydrogen-bond acceptors (Lipinski definition) is 3. The molecule has 0 spiro atoms. The molecule has 4 rings (SSSR count). The Morgan fingerprint density at radius 1 is 0.971 bits per heavy atom. The van der Waals surface area contributed by atoms with E-state index in [0.717, 1.165) is 55.3 Å². The van der Waals surface area contributed by atoms with Gasteiger partial charge >= 0.3 is 5.97 Å². The summed E-state index contributed by atoms with van der Waals surface area (Å²) in [4.78, 5) is 12.8. The second-order valence-corrected chi connectivity index (χ2v) is 11.4. The van der Waals surface area contributed by atoms with E-state index in [0.29, 0.717) is 6.61 Å². The van der Waals surface area contributed by atoms with Crippen LogP contribution in [0, 0.1) is 41.3 Å². The lowest BCUT2D eigenvalue weighted by atomic mass is 9.60. The van der Waals surface area contributed by atoms with E-state index in [2.05, 4.69) is 6.92 Å². The normalized spacial score (nSPS) is 31.2. The van der Waals surface area contributed by atoms with Crippen molar-refractivity contribution in [2.45, 2.75) is 97.3 Å². The fraction of sp³-hybridized carbons (Fsp3) is 0.710. The third-order valence-electron chi connectivity index (χ3n) is 9.19. The molecule has 4 atom stereocenters. The van der Waals surface area contributed by atoms with Gasteiger partial charge in [-0.1, -0.05) is 44.8 Å². The molecule has 0 radical (unpaired) electrons. The van der Waals surface area contributed by atoms with Crippen LogP contribution in [0.25, 0.3) is 0 Å². The predicted molar refractivity (Wildman–Crippen MR) is 139 cm³/mol. The molecule has 0 heterocycles. The summed E-state index contributed by atoms with van der Waals surface area (Å²) in [6, 6.07) is 4.41. The molecule has 3 aliphatic rings. The number of rotatable bonds is 9. The first kappa shape index (κ1) is 26.2. The van der Waals surface area contributed by atoms with Crippen molar-refractivity contribution in [2.24, 2.45) is 35.5 Å². The Hall–Kier alpha value is -1.84. The van der Waals surface area contributed by atoms with Crippen molar-refractivity contribution >= 4 is 5.97 Å². The molecule has 0 aromatic heterocycles. The summed E-state index contributed by atoms with van der Waals surface area (Å²) < 4.78 is 25.2. The lowest BCUT2D eigenvalue weighted by molar-refractivity contribution is -0.140. The number of unbranched alkanes of at least 4 members (excludes halogenated alkanes) is 1. The quantitative estimate of drug-likeness (QED) is 0.200. The van der Waals surface area contributed by atoms with Gasteiger partial charge in [-0.3, -0.25) is 4.79 Å². The Morgan fingerprint density at radius 3 is 2.37 bits per heavy atom. The van der Waals surface area contributed by atoms with Gasteiger partial charge in [-0.15, -0.1) is 0 Å². The zero-order chi connectivity index (χ0) is 24.6. The standard InChI is InChI=1S/C31H45FO3/c1-3-5-7-22-8-9-27-20-26(15-14-25(27)19-22)23-10-12-24(13-11-23)31(33)35-28-16-17-30(29(32)21-28)34-18-6-4-2/h4,6,16-17,21-27H,3,5,7-15,18-20H2,1-2H3/b6-4+. The molecular formula is C31H45FO3. The van der Waals surface area contributed by atoms with E-state index in [1.165, 1.54) is 69.9 Å². The molecule has 3 aliphatic carbocycles. The molecule has 4 heteroatoms. The van der Waals surface area contributed by atoms with Gasteiger partial charge in [0.25, 0.3) is 0 Å². The first-order chi connectivity index (χ1) is 17.1. The van der Waals surface area contributed by atoms with E-state index in [9.17, 15) is 9.18 Å². The van der Waals surface area contributed by atoms with Crippen LogP contribution in [0.2, 0.25) is 0 Å². The number of allylic oxidation sites excluding steroid dienone is 1. The highest BCUT2D eigenvalue weighted by Crippen LogP contribution is 2.49. The zero-order valence-corrected chi connectivity index (χ0v) is 21.9. The highest BCUT2D eigenvalue weighted by molar-refractivity contribution is 5.75. The molecule has 194 valence electrons. The van der Waals surface area contributed by atoms with Gasteiger partial charge in [0.15, 0.2) is 11.6 Å². The van der Waals surface area contributed by atoms with Gasteiger partial charge in [0.05, 0.1) is 5.92 Å². The summed E-state index contributed by atoms with van der Waals surface area (Å²) in [5.41, 5.74) is 0. The average Bonchev–Trinajstić information content (AvgIpc) is 2.88. The number of hydrogen-bond donors (Lipinski definition) is 0. The van der Waals surface area contributed by atoms with Crippen molar-refractivity contribution in [1.82, 2.24) is 0 Å². The molecule has 0 aliphatic heterocycles. The van der Waals surface area contributed by atoms with Crippen LogP contribution in [0.4, 0.5) is 4.39 Å². The third-order valence-corrected chi connectivity index (χ3v) is 9.19. The van der Waals surface area contributed by atoms with E-state index < -0.39 is 5.82 Å². The van der Waals surface area contributed by atoms with Gasteiger partial charge in [0.1, 0.15) is 12.4 Å². The number of fused-ring (bicyclic) bond motifs is 1. The number of esters is 1. The van der Waals surface area contributed by atoms with Crippen molar-refractivity contribution in [3.63, 3.8) is 0 Å². The Morgan fingerprint density at radius 2 is 1.66 bits per heavy atom. The van der Waals surface area contributed by atoms with Gasteiger partial charge in [0.2, 0.25) is 0 Å². The summed E-state index contributed by atoms with van der Waals surface area (Å²) in [6.07, 6.45) is 20.6. The molecule has 4 unspecified atom stereocenters. The first-order valence-corrected chi connectivity index (χ1v) is 14.3. The molecule has 3 nitrogen and oxygen atoms in total. The number of carbonyl (C=O) groups is 1. The minimum Gasteiger partial charge on any atom is -0.486 e. The highest BCUT2D eigenvalue weighted by atomic mass is 19.1. The van der Waals surface area contributed by atoms with Crippen LogP contribution < -0.4 is 9.47 Å². The zero-order valence-electron chi connectivity index (χ0n) is 21.9. The Bertz CT molecular complexity index is 842. The van der Waals surface area contributed by atoms with E-state index in [1.54, 1.807) is 6.07 Å². The maximum atomic E-state index is 14.3. The van der Waals surface area contributed by atoms with Gasteiger partial charge in [-0.25, -0.2) is 4.39 Å². The third kappa shape index (κ3) is 7.11. The molecule has 1 aromatic rings. The molecule has 0 bridgehead atoms. The molecule has 3 fully saturated rings. The fourth-order valence-electron chi connectivity index (χ4n) is 7.13. The fourth-order valence-corrected chi connectivity index (χ4v) is 7.13. The van der Waals surface area contributed by atoms with E-state index in [4.69, 9.17) is 9.47 Å². The lowest BCUT2D eigenvalue weighted by Crippen LogP contribution is -2.35. The predicted octanol–water partition coefficient (Wildman–Crippen LogP) is 8.52. The van der Waals surface area contributed by atoms with E-state index in [1.807, 2.05) is 19.1 Å². The SMILES string of the molecule is C/C=C/COc1ccc(OC(=O)C2CCC(C3CCC4CC(CCCC)CCC4C3)CC2)cc1F. The van der Waals surface area contributed by atoms with Gasteiger partial charge in [-0.05, 0) is 106 Å². The number of carbonyl (C=O) groups excluding carboxylic acids is 1. The maximum absolute atomic E-state index is 14.3. The van der Waals surface area contributed by atoms with E-state index in [-0.39, 0.29) is 23.4 Å². The smallest absolute Gasteiger partial charge is 0.314 e. The lowest BCUT2D eigenvalue weighted by Gasteiger charge is -2.45. The summed E-state index contributed by atoms with van der Waals surface area (Å²) in [7, 11) is 0. The molecule has 0 saturated heterocycles. The monoisotopic (exact) mass is 484 g/mol. The largest absolute Gasteiger partial charge is 0.486 e. The van der Waals surface area contributed by atoms with Crippen LogP contribution in [0.3, 0.4) is 0 Å². The second-order valence-electron chi connectivity index (χ2n) is 11.4. The summed E-state index contributed by atoms with van der Waals surface area (Å²) in [5, 5.41) is 0. The van der Waals surface area contributed by atoms with Gasteiger partial charge < -0.3 is 9.47 Å². The van der Waals surface area contributed by atoms with Crippen molar-refractivity contribution in [3.05, 3.63) is 36.2 Å². The first-order valence-electron chi connectivity index (χ1n) is 14.3. The van der Waals surface area contributed by atoms with Crippen molar-refractivity contribution in [2.75, 3.05) is 6.61 Å². The van der Waals surface area contributed by atoms with Crippen LogP contribution in [-0.4, -0.2) is 12.6 Å². The van der Waals surface area contributed by atoms with Crippen molar-refractivity contribution < 1.29 is 18.7 Å². The minimum atomic E-state index is -0.501. The molecule has 3 saturated carbocycles. The van der Waals surface area contributed by atoms with Gasteiger partial charge in [-0.2, -0.15) is 0 Å². The summed E-state index contributed by atoms with van der Waals surface area (Å²) >= 11 is 0. The van der Waals surface area contributed by atoms with Crippen LogP contribution in [-0.2, 0) is 4.79 Å². The Balaban J connectivity index is 1.21. The van der Waals surface area contributed by atoms with Crippen LogP contribution >= 0.6 is 0 Å². The summed E-state index contributed by atoms with van der Waals surface area (Å²) in [5.74, 6) is 4.21. The maximum Gasteiger partial charge on any atom is 0.314 e. The number of ether oxygens (including phenoxy) is 2. The van der Waals surface area contributed by atoms with E-state index >= 15 is 0 Å². The van der Waals surface area contributed by atoms with Crippen LogP contribution in [0.15, 0.2) is 30.4 Å². The minimum absolute atomic E-state index is 0.0646. The van der Waals surface area contributed by atoms with Gasteiger partial charge in [0, 0.05) is 6.07 Å². The molecule has 1 aromatic carbocycles. The Labute approximate surface area is 211 Å². The molecular weight excluding hydrogens is 439 g/mol. The van der Waals surface area contributed by atoms with Crippen molar-refractivity contribution in [3.8, 4) is 11.5 Å². The summed E-state index contributed by atoms with van der Waals surface area (Å²) in [6.45, 7) is 4.52. The number of halogens is 1. The topological polar surface area (TPSA) is 35.5 Å². The van der Waals surface area contributed by atoms with Crippen molar-refractivity contribution in [1.29, 1.82) is 0 Å². The second kappa shape index (κ2) is 12.9.